The molecule has 1 aromatic carbocycles. The highest BCUT2D eigenvalue weighted by molar-refractivity contribution is 6.30. The molecule has 7 heteroatoms. The Bertz CT molecular complexity index is 692. The number of halogens is 1. The van der Waals surface area contributed by atoms with Crippen molar-refractivity contribution in [3.8, 4) is 0 Å². The number of hydrogen-bond donors (Lipinski definition) is 2. The number of ether oxygens (including phenoxy) is 1. The third-order valence-electron chi connectivity index (χ3n) is 3.51. The van der Waals surface area contributed by atoms with Crippen molar-refractivity contribution in [2.75, 3.05) is 32.1 Å². The number of carbonyl (C=O) groups is 1. The molecule has 0 radical (unpaired) electrons. The zero-order valence-electron chi connectivity index (χ0n) is 14.5. The van der Waals surface area contributed by atoms with Gasteiger partial charge in [-0.25, -0.2) is 9.97 Å². The number of benzene rings is 1. The number of aryl methyl sites for hydroxylation is 1. The number of rotatable bonds is 9. The minimum Gasteiger partial charge on any atom is -0.385 e. The van der Waals surface area contributed by atoms with Gasteiger partial charge in [0, 0.05) is 37.9 Å². The molecule has 0 aliphatic rings. The maximum atomic E-state index is 12.3. The molecule has 0 saturated carbocycles. The van der Waals surface area contributed by atoms with Crippen molar-refractivity contribution in [3.63, 3.8) is 0 Å². The Morgan fingerprint density at radius 3 is 2.68 bits per heavy atom. The molecule has 0 saturated heterocycles. The van der Waals surface area contributed by atoms with Crippen LogP contribution in [-0.2, 0) is 11.2 Å². The predicted molar refractivity (Wildman–Crippen MR) is 99.2 cm³/mol. The van der Waals surface area contributed by atoms with Crippen LogP contribution >= 0.6 is 11.6 Å². The van der Waals surface area contributed by atoms with Crippen molar-refractivity contribution < 1.29 is 9.53 Å². The summed E-state index contributed by atoms with van der Waals surface area (Å²) in [6.45, 7) is 3.70. The van der Waals surface area contributed by atoms with Crippen LogP contribution in [0.2, 0.25) is 5.02 Å². The molecule has 0 atom stereocenters. The molecular weight excluding hydrogens is 340 g/mol. The van der Waals surface area contributed by atoms with Crippen molar-refractivity contribution in [2.24, 2.45) is 0 Å². The number of nitrogens with one attached hydrogen (secondary N) is 2. The number of amides is 1. The summed E-state index contributed by atoms with van der Waals surface area (Å²) in [5.41, 5.74) is 1.47. The Balaban J connectivity index is 1.87. The monoisotopic (exact) mass is 362 g/mol. The lowest BCUT2D eigenvalue weighted by molar-refractivity contribution is 0.0949. The Labute approximate surface area is 153 Å². The lowest BCUT2D eigenvalue weighted by Crippen LogP contribution is -2.27. The van der Waals surface area contributed by atoms with Gasteiger partial charge in [0.05, 0.1) is 0 Å². The number of aromatic nitrogens is 2. The fourth-order valence-corrected chi connectivity index (χ4v) is 2.40. The van der Waals surface area contributed by atoms with E-state index in [0.29, 0.717) is 35.5 Å². The summed E-state index contributed by atoms with van der Waals surface area (Å²) in [5.74, 6) is 0.991. The van der Waals surface area contributed by atoms with Gasteiger partial charge in [-0.05, 0) is 37.5 Å². The quantitative estimate of drug-likeness (QED) is 0.671. The first-order valence-electron chi connectivity index (χ1n) is 8.19. The zero-order chi connectivity index (χ0) is 18.1. The molecule has 0 fully saturated rings. The molecular formula is C18H23ClN4O2. The van der Waals surface area contributed by atoms with E-state index in [1.54, 1.807) is 20.1 Å². The molecule has 0 aliphatic carbocycles. The lowest BCUT2D eigenvalue weighted by atomic mass is 10.1. The Kier molecular flexibility index (Phi) is 7.63. The molecule has 25 heavy (non-hydrogen) atoms. The molecule has 0 spiro atoms. The molecule has 0 unspecified atom stereocenters. The van der Waals surface area contributed by atoms with Gasteiger partial charge < -0.3 is 15.4 Å². The lowest BCUT2D eigenvalue weighted by Gasteiger charge is -2.09. The van der Waals surface area contributed by atoms with Gasteiger partial charge >= 0.3 is 0 Å². The molecule has 2 aromatic rings. The largest absolute Gasteiger partial charge is 0.385 e. The van der Waals surface area contributed by atoms with Crippen LogP contribution in [0.15, 0.2) is 30.3 Å². The van der Waals surface area contributed by atoms with E-state index in [-0.39, 0.29) is 5.91 Å². The number of carbonyl (C=O) groups excluding carboxylic acids is 1. The fraction of sp³-hybridized carbons (Fsp3) is 0.389. The summed E-state index contributed by atoms with van der Waals surface area (Å²) >= 11 is 5.86. The fourth-order valence-electron chi connectivity index (χ4n) is 2.27. The average Bonchev–Trinajstić information content (AvgIpc) is 2.60. The van der Waals surface area contributed by atoms with Crippen LogP contribution in [0.25, 0.3) is 0 Å². The van der Waals surface area contributed by atoms with Gasteiger partial charge in [-0.2, -0.15) is 0 Å². The number of hydrogen-bond acceptors (Lipinski definition) is 5. The standard InChI is InChI=1S/C18H23ClN4O2/c1-13-22-16(12-17(23-13)20-9-3-11-25-2)18(24)21-10-8-14-4-6-15(19)7-5-14/h4-7,12H,3,8-11H2,1-2H3,(H,21,24)(H,20,22,23). The second-order valence-electron chi connectivity index (χ2n) is 5.59. The van der Waals surface area contributed by atoms with Gasteiger partial charge in [-0.3, -0.25) is 4.79 Å². The SMILES string of the molecule is COCCCNc1cc(C(=O)NCCc2ccc(Cl)cc2)nc(C)n1. The molecule has 0 aliphatic heterocycles. The van der Waals surface area contributed by atoms with Crippen LogP contribution in [-0.4, -0.2) is 42.7 Å². The normalized spacial score (nSPS) is 10.5. The van der Waals surface area contributed by atoms with Gasteiger partial charge in [0.15, 0.2) is 0 Å². The smallest absolute Gasteiger partial charge is 0.270 e. The summed E-state index contributed by atoms with van der Waals surface area (Å²) in [5, 5.41) is 6.77. The average molecular weight is 363 g/mol. The first-order valence-corrected chi connectivity index (χ1v) is 8.57. The minimum absolute atomic E-state index is 0.209. The highest BCUT2D eigenvalue weighted by Gasteiger charge is 2.10. The highest BCUT2D eigenvalue weighted by Crippen LogP contribution is 2.10. The summed E-state index contributed by atoms with van der Waals surface area (Å²) in [6.07, 6.45) is 1.59. The second-order valence-corrected chi connectivity index (χ2v) is 6.03. The van der Waals surface area contributed by atoms with E-state index in [0.717, 1.165) is 24.9 Å². The first-order chi connectivity index (χ1) is 12.1. The van der Waals surface area contributed by atoms with Crippen molar-refractivity contribution in [1.29, 1.82) is 0 Å². The highest BCUT2D eigenvalue weighted by atomic mass is 35.5. The maximum absolute atomic E-state index is 12.3. The van der Waals surface area contributed by atoms with Crippen LogP contribution in [0.3, 0.4) is 0 Å². The molecule has 1 aromatic heterocycles. The summed E-state index contributed by atoms with van der Waals surface area (Å²) in [7, 11) is 1.67. The zero-order valence-corrected chi connectivity index (χ0v) is 15.3. The van der Waals surface area contributed by atoms with Crippen molar-refractivity contribution in [2.45, 2.75) is 19.8 Å². The number of methoxy groups -OCH3 is 1. The Morgan fingerprint density at radius 1 is 1.20 bits per heavy atom. The molecule has 6 nitrogen and oxygen atoms in total. The van der Waals surface area contributed by atoms with Crippen LogP contribution in [0.5, 0.6) is 0 Å². The maximum Gasteiger partial charge on any atom is 0.270 e. The minimum atomic E-state index is -0.209. The van der Waals surface area contributed by atoms with E-state index in [9.17, 15) is 4.79 Å². The molecule has 2 rings (SSSR count). The van der Waals surface area contributed by atoms with Crippen molar-refractivity contribution in [1.82, 2.24) is 15.3 Å². The van der Waals surface area contributed by atoms with E-state index in [4.69, 9.17) is 16.3 Å². The van der Waals surface area contributed by atoms with Gasteiger partial charge in [-0.15, -0.1) is 0 Å². The topological polar surface area (TPSA) is 76.1 Å². The van der Waals surface area contributed by atoms with E-state index in [1.807, 2.05) is 24.3 Å². The predicted octanol–water partition coefficient (Wildman–Crippen LogP) is 2.86. The van der Waals surface area contributed by atoms with Gasteiger partial charge in [0.1, 0.15) is 17.3 Å². The molecule has 1 heterocycles. The number of nitrogens with zero attached hydrogens (tertiary/aromatic N) is 2. The molecule has 0 bridgehead atoms. The van der Waals surface area contributed by atoms with E-state index >= 15 is 0 Å². The van der Waals surface area contributed by atoms with Crippen molar-refractivity contribution >= 4 is 23.3 Å². The van der Waals surface area contributed by atoms with Crippen LogP contribution < -0.4 is 10.6 Å². The van der Waals surface area contributed by atoms with Gasteiger partial charge in [-0.1, -0.05) is 23.7 Å². The third-order valence-corrected chi connectivity index (χ3v) is 3.77. The van der Waals surface area contributed by atoms with E-state index in [2.05, 4.69) is 20.6 Å². The third kappa shape index (κ3) is 6.68. The molecule has 2 N–H and O–H groups in total. The summed E-state index contributed by atoms with van der Waals surface area (Å²) < 4.78 is 5.01. The van der Waals surface area contributed by atoms with E-state index in [1.165, 1.54) is 0 Å². The first kappa shape index (κ1) is 19.1. The Hall–Kier alpha value is -2.18. The Morgan fingerprint density at radius 2 is 1.96 bits per heavy atom. The summed E-state index contributed by atoms with van der Waals surface area (Å²) in [6, 6.07) is 9.25. The van der Waals surface area contributed by atoms with Crippen LogP contribution in [0.4, 0.5) is 5.82 Å². The van der Waals surface area contributed by atoms with Gasteiger partial charge in [0.2, 0.25) is 0 Å². The molecule has 134 valence electrons. The van der Waals surface area contributed by atoms with Crippen LogP contribution in [0, 0.1) is 6.92 Å². The summed E-state index contributed by atoms with van der Waals surface area (Å²) in [4.78, 5) is 20.8. The molecule has 1 amide bonds. The second kappa shape index (κ2) is 9.96. The van der Waals surface area contributed by atoms with Crippen LogP contribution in [0.1, 0.15) is 28.3 Å². The number of anilines is 1. The van der Waals surface area contributed by atoms with Crippen molar-refractivity contribution in [3.05, 3.63) is 52.4 Å². The van der Waals surface area contributed by atoms with E-state index < -0.39 is 0 Å². The van der Waals surface area contributed by atoms with Gasteiger partial charge in [0.25, 0.3) is 5.91 Å².